The van der Waals surface area contributed by atoms with Crippen LogP contribution in [-0.4, -0.2) is 38.0 Å². The van der Waals surface area contributed by atoms with Crippen molar-refractivity contribution in [3.8, 4) is 0 Å². The van der Waals surface area contributed by atoms with Gasteiger partial charge >= 0.3 is 5.97 Å². The van der Waals surface area contributed by atoms with Gasteiger partial charge in [0.05, 0.1) is 10.5 Å². The van der Waals surface area contributed by atoms with Crippen LogP contribution in [0.1, 0.15) is 15.9 Å². The Morgan fingerprint density at radius 2 is 2.20 bits per heavy atom. The lowest BCUT2D eigenvalue weighted by Crippen LogP contribution is -2.41. The van der Waals surface area contributed by atoms with Gasteiger partial charge in [-0.1, -0.05) is 6.07 Å². The molecule has 20 heavy (non-hydrogen) atoms. The van der Waals surface area contributed by atoms with E-state index in [9.17, 15) is 18.0 Å². The predicted octanol–water partition coefficient (Wildman–Crippen LogP) is -0.598. The van der Waals surface area contributed by atoms with Gasteiger partial charge in [-0.05, 0) is 24.6 Å². The number of benzene rings is 1. The zero-order valence-corrected chi connectivity index (χ0v) is 11.2. The van der Waals surface area contributed by atoms with Gasteiger partial charge in [0.15, 0.2) is 0 Å². The molecule has 0 aromatic heterocycles. The Balaban J connectivity index is 2.32. The summed E-state index contributed by atoms with van der Waals surface area (Å²) in [6.45, 7) is 1.43. The number of aryl methyl sites for hydroxylation is 1. The van der Waals surface area contributed by atoms with Gasteiger partial charge in [-0.25, -0.2) is 18.7 Å². The van der Waals surface area contributed by atoms with E-state index < -0.39 is 27.9 Å². The summed E-state index contributed by atoms with van der Waals surface area (Å²) in [5.74, 6) is -1.82. The molecule has 0 aliphatic carbocycles. The third-order valence-electron chi connectivity index (χ3n) is 2.79. The molecule has 9 heteroatoms. The lowest BCUT2D eigenvalue weighted by Gasteiger charge is -2.10. The largest absolute Gasteiger partial charge is 0.478 e. The van der Waals surface area contributed by atoms with E-state index in [0.717, 1.165) is 6.07 Å². The fourth-order valence-corrected chi connectivity index (χ4v) is 2.89. The summed E-state index contributed by atoms with van der Waals surface area (Å²) in [7, 11) is -4.00. The molecule has 1 amide bonds. The summed E-state index contributed by atoms with van der Waals surface area (Å²) in [4.78, 5) is 26.6. The van der Waals surface area contributed by atoms with Crippen LogP contribution in [0.5, 0.6) is 0 Å². The van der Waals surface area contributed by atoms with Crippen molar-refractivity contribution in [3.05, 3.63) is 29.3 Å². The van der Waals surface area contributed by atoms with Crippen molar-refractivity contribution < 1.29 is 28.0 Å². The molecule has 1 aromatic carbocycles. The molecule has 3 N–H and O–H groups in total. The molecule has 1 aliphatic heterocycles. The van der Waals surface area contributed by atoms with E-state index in [1.165, 1.54) is 12.1 Å². The highest BCUT2D eigenvalue weighted by Crippen LogP contribution is 2.16. The third kappa shape index (κ3) is 2.79. The van der Waals surface area contributed by atoms with Gasteiger partial charge in [0.2, 0.25) is 10.0 Å². The fourth-order valence-electron chi connectivity index (χ4n) is 1.68. The van der Waals surface area contributed by atoms with E-state index >= 15 is 0 Å². The number of amides is 1. The number of carboxylic acids is 1. The van der Waals surface area contributed by atoms with Gasteiger partial charge in [-0.2, -0.15) is 4.72 Å². The van der Waals surface area contributed by atoms with Crippen molar-refractivity contribution in [2.75, 3.05) is 6.61 Å². The van der Waals surface area contributed by atoms with Crippen molar-refractivity contribution in [2.45, 2.75) is 17.9 Å². The molecule has 1 heterocycles. The highest BCUT2D eigenvalue weighted by Gasteiger charge is 2.31. The van der Waals surface area contributed by atoms with Gasteiger partial charge in [0.1, 0.15) is 12.6 Å². The van der Waals surface area contributed by atoms with Crippen LogP contribution in [-0.2, 0) is 19.7 Å². The first kappa shape index (κ1) is 14.4. The van der Waals surface area contributed by atoms with Crippen LogP contribution in [0.15, 0.2) is 23.1 Å². The Kier molecular flexibility index (Phi) is 3.75. The molecule has 1 aromatic rings. The minimum atomic E-state index is -4.00. The number of aromatic carboxylic acids is 1. The number of hydroxylamine groups is 1. The molecule has 1 saturated heterocycles. The van der Waals surface area contributed by atoms with E-state index in [2.05, 4.69) is 9.56 Å². The minimum Gasteiger partial charge on any atom is -0.478 e. The molecule has 8 nitrogen and oxygen atoms in total. The molecular weight excluding hydrogens is 288 g/mol. The number of carbonyl (C=O) groups is 2. The minimum absolute atomic E-state index is 0.111. The zero-order chi connectivity index (χ0) is 14.9. The van der Waals surface area contributed by atoms with Gasteiger partial charge in [0.25, 0.3) is 5.91 Å². The topological polar surface area (TPSA) is 122 Å². The van der Waals surface area contributed by atoms with Crippen LogP contribution in [0, 0.1) is 6.92 Å². The second-order valence-corrected chi connectivity index (χ2v) is 5.95. The fraction of sp³-hybridized carbons (Fsp3) is 0.273. The lowest BCUT2D eigenvalue weighted by molar-refractivity contribution is -0.124. The first-order chi connectivity index (χ1) is 9.31. The molecule has 2 rings (SSSR count). The molecule has 0 unspecified atom stereocenters. The predicted molar refractivity (Wildman–Crippen MR) is 66.3 cm³/mol. The number of rotatable bonds is 4. The average Bonchev–Trinajstić information content (AvgIpc) is 2.74. The van der Waals surface area contributed by atoms with Crippen molar-refractivity contribution in [1.82, 2.24) is 10.2 Å². The number of hydrogen-bond acceptors (Lipinski definition) is 5. The molecule has 108 valence electrons. The van der Waals surface area contributed by atoms with Crippen molar-refractivity contribution in [2.24, 2.45) is 0 Å². The van der Waals surface area contributed by atoms with Crippen molar-refractivity contribution in [3.63, 3.8) is 0 Å². The quantitative estimate of drug-likeness (QED) is 0.682. The van der Waals surface area contributed by atoms with E-state index in [-0.39, 0.29) is 17.1 Å². The molecule has 0 bridgehead atoms. The third-order valence-corrected chi connectivity index (χ3v) is 4.26. The molecule has 0 saturated carbocycles. The molecule has 0 radical (unpaired) electrons. The monoisotopic (exact) mass is 300 g/mol. The van der Waals surface area contributed by atoms with Crippen LogP contribution >= 0.6 is 0 Å². The van der Waals surface area contributed by atoms with Crippen LogP contribution in [0.3, 0.4) is 0 Å². The Morgan fingerprint density at radius 1 is 1.50 bits per heavy atom. The number of nitrogens with one attached hydrogen (secondary N) is 2. The summed E-state index contributed by atoms with van der Waals surface area (Å²) in [5.41, 5.74) is 2.35. The van der Waals surface area contributed by atoms with Gasteiger partial charge in [-0.3, -0.25) is 9.63 Å². The second-order valence-electron chi connectivity index (χ2n) is 4.23. The maximum atomic E-state index is 12.1. The van der Waals surface area contributed by atoms with E-state index in [0.29, 0.717) is 5.56 Å². The van der Waals surface area contributed by atoms with E-state index in [1.54, 1.807) is 6.92 Å². The summed E-state index contributed by atoms with van der Waals surface area (Å²) in [5, 5.41) is 8.98. The molecule has 1 aliphatic rings. The average molecular weight is 300 g/mol. The van der Waals surface area contributed by atoms with Crippen molar-refractivity contribution in [1.29, 1.82) is 0 Å². The lowest BCUT2D eigenvalue weighted by atomic mass is 10.1. The Labute approximate surface area is 114 Å². The normalized spacial score (nSPS) is 18.9. The molecule has 1 atom stereocenters. The van der Waals surface area contributed by atoms with E-state index in [4.69, 9.17) is 5.11 Å². The molecule has 1 fully saturated rings. The number of carbonyl (C=O) groups excluding carboxylic acids is 1. The number of sulfonamides is 1. The highest BCUT2D eigenvalue weighted by molar-refractivity contribution is 7.89. The SMILES string of the molecule is Cc1ccc(S(=O)(=O)N[C@@H]2CONC2=O)cc1C(=O)O. The highest BCUT2D eigenvalue weighted by atomic mass is 32.2. The Bertz CT molecular complexity index is 669. The first-order valence-electron chi connectivity index (χ1n) is 5.59. The van der Waals surface area contributed by atoms with Crippen molar-refractivity contribution >= 4 is 21.9 Å². The maximum absolute atomic E-state index is 12.1. The smallest absolute Gasteiger partial charge is 0.335 e. The Hall–Kier alpha value is -1.97. The van der Waals surface area contributed by atoms with Crippen LogP contribution in [0.2, 0.25) is 0 Å². The summed E-state index contributed by atoms with van der Waals surface area (Å²) < 4.78 is 26.3. The standard InChI is InChI=1S/C11H12N2O6S/c1-6-2-3-7(4-8(6)11(15)16)20(17,18)13-9-5-19-12-10(9)14/h2-4,9,13H,5H2,1H3,(H,12,14)(H,15,16)/t9-/m1/s1. The molecular formula is C11H12N2O6S. The number of carboxylic acid groups (broad SMARTS) is 1. The Morgan fingerprint density at radius 3 is 2.75 bits per heavy atom. The number of hydrogen-bond donors (Lipinski definition) is 3. The summed E-state index contributed by atoms with van der Waals surface area (Å²) in [6.07, 6.45) is 0. The van der Waals surface area contributed by atoms with Crippen LogP contribution < -0.4 is 10.2 Å². The summed E-state index contributed by atoms with van der Waals surface area (Å²) in [6, 6.07) is 2.68. The molecule has 0 spiro atoms. The zero-order valence-electron chi connectivity index (χ0n) is 10.4. The van der Waals surface area contributed by atoms with E-state index in [1.807, 2.05) is 5.48 Å². The maximum Gasteiger partial charge on any atom is 0.335 e. The van der Waals surface area contributed by atoms with Gasteiger partial charge in [-0.15, -0.1) is 0 Å². The summed E-state index contributed by atoms with van der Waals surface area (Å²) >= 11 is 0. The van der Waals surface area contributed by atoms with Gasteiger partial charge < -0.3 is 5.11 Å². The van der Waals surface area contributed by atoms with Gasteiger partial charge in [0, 0.05) is 0 Å². The van der Waals surface area contributed by atoms with Crippen LogP contribution in [0.4, 0.5) is 0 Å². The second kappa shape index (κ2) is 5.19. The first-order valence-corrected chi connectivity index (χ1v) is 7.07. The van der Waals surface area contributed by atoms with Crippen LogP contribution in [0.25, 0.3) is 0 Å².